The molecule has 1 heterocycles. The molecule has 4 nitrogen and oxygen atoms in total. The molecule has 92 valence electrons. The third kappa shape index (κ3) is 4.17. The van der Waals surface area contributed by atoms with Crippen LogP contribution in [0.3, 0.4) is 0 Å². The maximum Gasteiger partial charge on any atom is 0.112 e. The summed E-state index contributed by atoms with van der Waals surface area (Å²) in [7, 11) is 3.91. The van der Waals surface area contributed by atoms with E-state index in [4.69, 9.17) is 0 Å². The maximum absolute atomic E-state index is 9.76. The molecule has 0 radical (unpaired) electrons. The Morgan fingerprint density at radius 1 is 1.56 bits per heavy atom. The molecule has 2 N–H and O–H groups in total. The van der Waals surface area contributed by atoms with Crippen molar-refractivity contribution in [3.8, 4) is 0 Å². The minimum Gasteiger partial charge on any atom is -0.390 e. The Balaban J connectivity index is 2.42. The smallest absolute Gasteiger partial charge is 0.112 e. The zero-order valence-electron chi connectivity index (χ0n) is 10.4. The monoisotopic (exact) mass is 243 g/mol. The molecule has 0 aliphatic carbocycles. The Labute approximate surface area is 101 Å². The van der Waals surface area contributed by atoms with Gasteiger partial charge >= 0.3 is 0 Å². The van der Waals surface area contributed by atoms with Crippen molar-refractivity contribution in [2.75, 3.05) is 27.2 Å². The Morgan fingerprint density at radius 3 is 2.75 bits per heavy atom. The van der Waals surface area contributed by atoms with Crippen LogP contribution in [0.1, 0.15) is 18.9 Å². The molecule has 0 aliphatic heterocycles. The summed E-state index contributed by atoms with van der Waals surface area (Å²) in [5.41, 5.74) is -0.179. The van der Waals surface area contributed by atoms with E-state index < -0.39 is 0 Å². The van der Waals surface area contributed by atoms with Gasteiger partial charge in [-0.05, 0) is 27.9 Å². The van der Waals surface area contributed by atoms with Gasteiger partial charge in [0.25, 0.3) is 0 Å². The van der Waals surface area contributed by atoms with Gasteiger partial charge in [0.2, 0.25) is 0 Å². The van der Waals surface area contributed by atoms with E-state index >= 15 is 0 Å². The SMILES string of the molecule is CN(C)CC(O)CNC(C)(C)c1nccs1. The maximum atomic E-state index is 9.76. The first-order valence-corrected chi connectivity index (χ1v) is 6.27. The number of hydrogen-bond donors (Lipinski definition) is 2. The Morgan fingerprint density at radius 2 is 2.25 bits per heavy atom. The van der Waals surface area contributed by atoms with Crippen molar-refractivity contribution in [2.24, 2.45) is 0 Å². The van der Waals surface area contributed by atoms with Crippen LogP contribution in [0.2, 0.25) is 0 Å². The van der Waals surface area contributed by atoms with Gasteiger partial charge in [-0.3, -0.25) is 0 Å². The number of hydrogen-bond acceptors (Lipinski definition) is 5. The van der Waals surface area contributed by atoms with Crippen molar-refractivity contribution in [1.82, 2.24) is 15.2 Å². The van der Waals surface area contributed by atoms with Crippen LogP contribution in [-0.4, -0.2) is 48.3 Å². The van der Waals surface area contributed by atoms with E-state index in [2.05, 4.69) is 24.1 Å². The van der Waals surface area contributed by atoms with Gasteiger partial charge in [0.15, 0.2) is 0 Å². The van der Waals surface area contributed by atoms with Gasteiger partial charge < -0.3 is 15.3 Å². The lowest BCUT2D eigenvalue weighted by Gasteiger charge is -2.26. The topological polar surface area (TPSA) is 48.4 Å². The van der Waals surface area contributed by atoms with E-state index in [1.165, 1.54) is 0 Å². The lowest BCUT2D eigenvalue weighted by molar-refractivity contribution is 0.125. The van der Waals surface area contributed by atoms with Gasteiger partial charge in [-0.25, -0.2) is 4.98 Å². The van der Waals surface area contributed by atoms with E-state index in [0.29, 0.717) is 13.1 Å². The summed E-state index contributed by atoms with van der Waals surface area (Å²) < 4.78 is 0. The second kappa shape index (κ2) is 5.72. The largest absolute Gasteiger partial charge is 0.390 e. The van der Waals surface area contributed by atoms with E-state index in [1.54, 1.807) is 17.5 Å². The molecule has 0 bridgehead atoms. The van der Waals surface area contributed by atoms with Gasteiger partial charge in [0.1, 0.15) is 5.01 Å². The lowest BCUT2D eigenvalue weighted by atomic mass is 10.1. The Bertz CT molecular complexity index is 298. The quantitative estimate of drug-likeness (QED) is 0.779. The molecule has 0 spiro atoms. The number of aromatic nitrogens is 1. The summed E-state index contributed by atoms with van der Waals surface area (Å²) in [5, 5.41) is 16.1. The molecule has 1 aromatic rings. The molecule has 1 aromatic heterocycles. The summed E-state index contributed by atoms with van der Waals surface area (Å²) >= 11 is 1.63. The summed E-state index contributed by atoms with van der Waals surface area (Å²) in [6.07, 6.45) is 1.45. The third-order valence-electron chi connectivity index (χ3n) is 2.32. The van der Waals surface area contributed by atoms with Crippen LogP contribution >= 0.6 is 11.3 Å². The lowest BCUT2D eigenvalue weighted by Crippen LogP contribution is -2.43. The predicted molar refractivity (Wildman–Crippen MR) is 67.7 cm³/mol. The highest BCUT2D eigenvalue weighted by Gasteiger charge is 2.23. The van der Waals surface area contributed by atoms with Crippen LogP contribution in [0.5, 0.6) is 0 Å². The fraction of sp³-hybridized carbons (Fsp3) is 0.727. The van der Waals surface area contributed by atoms with Gasteiger partial charge in [0.05, 0.1) is 11.6 Å². The summed E-state index contributed by atoms with van der Waals surface area (Å²) in [6.45, 7) is 5.40. The third-order valence-corrected chi connectivity index (χ3v) is 3.42. The Kier molecular flexibility index (Phi) is 4.86. The molecule has 1 rings (SSSR count). The van der Waals surface area contributed by atoms with E-state index in [0.717, 1.165) is 5.01 Å². The molecule has 5 heteroatoms. The van der Waals surface area contributed by atoms with E-state index in [9.17, 15) is 5.11 Å². The number of rotatable bonds is 6. The predicted octanol–water partition coefficient (Wildman–Crippen LogP) is 0.890. The van der Waals surface area contributed by atoms with Crippen LogP contribution in [0.15, 0.2) is 11.6 Å². The van der Waals surface area contributed by atoms with Crippen LogP contribution in [-0.2, 0) is 5.54 Å². The number of nitrogens with one attached hydrogen (secondary N) is 1. The van der Waals surface area contributed by atoms with Crippen LogP contribution in [0, 0.1) is 0 Å². The molecule has 0 fully saturated rings. The highest BCUT2D eigenvalue weighted by molar-refractivity contribution is 7.09. The van der Waals surface area contributed by atoms with Crippen LogP contribution in [0.4, 0.5) is 0 Å². The average molecular weight is 243 g/mol. The second-order valence-electron chi connectivity index (χ2n) is 4.76. The normalized spacial score (nSPS) is 14.4. The number of likely N-dealkylation sites (N-methyl/N-ethyl adjacent to an activating group) is 1. The highest BCUT2D eigenvalue weighted by Crippen LogP contribution is 2.21. The van der Waals surface area contributed by atoms with Crippen molar-refractivity contribution < 1.29 is 5.11 Å². The van der Waals surface area contributed by atoms with Crippen molar-refractivity contribution in [1.29, 1.82) is 0 Å². The van der Waals surface area contributed by atoms with Gasteiger partial charge in [-0.2, -0.15) is 0 Å². The molecule has 0 aliphatic rings. The first kappa shape index (κ1) is 13.6. The molecular weight excluding hydrogens is 222 g/mol. The van der Waals surface area contributed by atoms with Crippen LogP contribution < -0.4 is 5.32 Å². The van der Waals surface area contributed by atoms with Crippen LogP contribution in [0.25, 0.3) is 0 Å². The van der Waals surface area contributed by atoms with Crippen molar-refractivity contribution >= 4 is 11.3 Å². The minimum atomic E-state index is -0.353. The van der Waals surface area contributed by atoms with E-state index in [-0.39, 0.29) is 11.6 Å². The molecule has 1 unspecified atom stereocenters. The average Bonchev–Trinajstić information content (AvgIpc) is 2.67. The summed E-state index contributed by atoms with van der Waals surface area (Å²) in [5.74, 6) is 0. The van der Waals surface area contributed by atoms with E-state index in [1.807, 2.05) is 24.4 Å². The zero-order chi connectivity index (χ0) is 12.2. The van der Waals surface area contributed by atoms with Crippen molar-refractivity contribution in [3.63, 3.8) is 0 Å². The highest BCUT2D eigenvalue weighted by atomic mass is 32.1. The minimum absolute atomic E-state index is 0.179. The molecule has 1 atom stereocenters. The molecule has 0 saturated heterocycles. The molecule has 0 amide bonds. The number of nitrogens with zero attached hydrogens (tertiary/aromatic N) is 2. The summed E-state index contributed by atoms with van der Waals surface area (Å²) in [4.78, 5) is 6.27. The van der Waals surface area contributed by atoms with Crippen molar-refractivity contribution in [2.45, 2.75) is 25.5 Å². The number of thiazole rings is 1. The molecule has 0 saturated carbocycles. The standard InChI is InChI=1S/C11H21N3OS/c1-11(2,10-12-5-6-16-10)13-7-9(15)8-14(3)4/h5-6,9,13,15H,7-8H2,1-4H3. The number of aliphatic hydroxyl groups is 1. The van der Waals surface area contributed by atoms with Gasteiger partial charge in [-0.15, -0.1) is 11.3 Å². The molecule has 16 heavy (non-hydrogen) atoms. The number of aliphatic hydroxyl groups excluding tert-OH is 1. The Hall–Kier alpha value is -0.490. The zero-order valence-corrected chi connectivity index (χ0v) is 11.2. The van der Waals surface area contributed by atoms with Gasteiger partial charge in [0, 0.05) is 24.7 Å². The first-order valence-electron chi connectivity index (χ1n) is 5.39. The fourth-order valence-electron chi connectivity index (χ4n) is 1.47. The summed E-state index contributed by atoms with van der Waals surface area (Å²) in [6, 6.07) is 0. The molecular formula is C11H21N3OS. The first-order chi connectivity index (χ1) is 7.42. The van der Waals surface area contributed by atoms with Crippen molar-refractivity contribution in [3.05, 3.63) is 16.6 Å². The van der Waals surface area contributed by atoms with Gasteiger partial charge in [-0.1, -0.05) is 0 Å². The second-order valence-corrected chi connectivity index (χ2v) is 5.65. The molecule has 0 aromatic carbocycles. The fourth-order valence-corrected chi connectivity index (χ4v) is 2.21.